The number of nitrogens with zero attached hydrogens (tertiary/aromatic N) is 1. The second-order valence-electron chi connectivity index (χ2n) is 7.90. The molecule has 1 aromatic carbocycles. The first-order valence-corrected chi connectivity index (χ1v) is 12.3. The fourth-order valence-electron chi connectivity index (χ4n) is 3.63. The molecule has 1 atom stereocenters. The average Bonchev–Trinajstić information content (AvgIpc) is 2.82. The second kappa shape index (κ2) is 8.88. The van der Waals surface area contributed by atoms with Gasteiger partial charge in [-0.1, -0.05) is 39.5 Å². The summed E-state index contributed by atoms with van der Waals surface area (Å²) in [5.41, 5.74) is 0.785. The summed E-state index contributed by atoms with van der Waals surface area (Å²) in [4.78, 5) is 17.4. The minimum absolute atomic E-state index is 0.136. The van der Waals surface area contributed by atoms with Gasteiger partial charge in [0.05, 0.1) is 20.1 Å². The molecule has 6 nitrogen and oxygen atoms in total. The summed E-state index contributed by atoms with van der Waals surface area (Å²) in [5, 5.41) is 3.96. The van der Waals surface area contributed by atoms with Gasteiger partial charge >= 0.3 is 0 Å². The Kier molecular flexibility index (Phi) is 6.73. The number of aryl methyl sites for hydroxylation is 1. The fraction of sp³-hybridized carbons (Fsp3) is 0.600. The SMILES string of the molecule is Cc1nc2ccc(S(=O)(=O)NC(C(=O)NC3CCCCCC3)C(C)C)cc2s1. The van der Waals surface area contributed by atoms with Crippen molar-refractivity contribution in [2.75, 3.05) is 0 Å². The summed E-state index contributed by atoms with van der Waals surface area (Å²) < 4.78 is 29.3. The zero-order valence-corrected chi connectivity index (χ0v) is 18.3. The molecule has 28 heavy (non-hydrogen) atoms. The molecule has 1 aliphatic rings. The first-order valence-electron chi connectivity index (χ1n) is 9.96. The minimum Gasteiger partial charge on any atom is -0.352 e. The van der Waals surface area contributed by atoms with Gasteiger partial charge in [-0.05, 0) is 43.9 Å². The molecule has 3 rings (SSSR count). The van der Waals surface area contributed by atoms with Crippen molar-refractivity contribution in [1.29, 1.82) is 0 Å². The van der Waals surface area contributed by atoms with Gasteiger partial charge in [-0.2, -0.15) is 4.72 Å². The molecule has 2 N–H and O–H groups in total. The molecule has 1 unspecified atom stereocenters. The largest absolute Gasteiger partial charge is 0.352 e. The van der Waals surface area contributed by atoms with Gasteiger partial charge in [0.25, 0.3) is 0 Å². The molecule has 0 spiro atoms. The number of amides is 1. The molecule has 1 fully saturated rings. The average molecular weight is 424 g/mol. The second-order valence-corrected chi connectivity index (χ2v) is 10.9. The highest BCUT2D eigenvalue weighted by Crippen LogP contribution is 2.25. The first kappa shape index (κ1) is 21.2. The highest BCUT2D eigenvalue weighted by molar-refractivity contribution is 7.89. The van der Waals surface area contributed by atoms with Crippen molar-refractivity contribution >= 4 is 37.5 Å². The molecule has 0 saturated heterocycles. The number of hydrogen-bond donors (Lipinski definition) is 2. The number of hydrogen-bond acceptors (Lipinski definition) is 5. The molecular weight excluding hydrogens is 394 g/mol. The highest BCUT2D eigenvalue weighted by Gasteiger charge is 2.30. The van der Waals surface area contributed by atoms with Crippen LogP contribution >= 0.6 is 11.3 Å². The van der Waals surface area contributed by atoms with Crippen molar-refractivity contribution in [2.45, 2.75) is 76.3 Å². The molecule has 2 aromatic rings. The lowest BCUT2D eigenvalue weighted by Crippen LogP contribution is -2.51. The summed E-state index contributed by atoms with van der Waals surface area (Å²) in [6, 6.07) is 4.22. The number of carbonyl (C=O) groups is 1. The van der Waals surface area contributed by atoms with Gasteiger partial charge < -0.3 is 5.32 Å². The number of aromatic nitrogens is 1. The van der Waals surface area contributed by atoms with Crippen molar-refractivity contribution < 1.29 is 13.2 Å². The third-order valence-electron chi connectivity index (χ3n) is 5.21. The van der Waals surface area contributed by atoms with Gasteiger partial charge in [0.2, 0.25) is 15.9 Å². The maximum atomic E-state index is 12.9. The standard InChI is InChI=1S/C20H29N3O3S2/c1-13(2)19(20(24)22-15-8-6-4-5-7-9-15)23-28(25,26)16-10-11-17-18(12-16)27-14(3)21-17/h10-13,15,19,23H,4-9H2,1-3H3,(H,22,24). The van der Waals surface area contributed by atoms with Crippen LogP contribution in [0, 0.1) is 12.8 Å². The van der Waals surface area contributed by atoms with Crippen molar-refractivity contribution in [3.8, 4) is 0 Å². The maximum absolute atomic E-state index is 12.9. The van der Waals surface area contributed by atoms with Crippen LogP contribution in [0.15, 0.2) is 23.1 Å². The Bertz CT molecular complexity index is 929. The summed E-state index contributed by atoms with van der Waals surface area (Å²) >= 11 is 1.46. The van der Waals surface area contributed by atoms with Crippen LogP contribution in [0.2, 0.25) is 0 Å². The third kappa shape index (κ3) is 5.10. The lowest BCUT2D eigenvalue weighted by molar-refractivity contribution is -0.124. The van der Waals surface area contributed by atoms with Crippen LogP contribution in [0.1, 0.15) is 57.4 Å². The van der Waals surface area contributed by atoms with Crippen LogP contribution in [-0.2, 0) is 14.8 Å². The summed E-state index contributed by atoms with van der Waals surface area (Å²) in [6.07, 6.45) is 6.54. The van der Waals surface area contributed by atoms with Gasteiger partial charge in [0.1, 0.15) is 6.04 Å². The molecule has 154 valence electrons. The third-order valence-corrected chi connectivity index (χ3v) is 7.58. The smallest absolute Gasteiger partial charge is 0.241 e. The van der Waals surface area contributed by atoms with E-state index in [0.717, 1.165) is 40.9 Å². The maximum Gasteiger partial charge on any atom is 0.241 e. The molecule has 8 heteroatoms. The van der Waals surface area contributed by atoms with E-state index < -0.39 is 16.1 Å². The minimum atomic E-state index is -3.81. The predicted octanol–water partition coefficient (Wildman–Crippen LogP) is 3.75. The number of fused-ring (bicyclic) bond motifs is 1. The summed E-state index contributed by atoms with van der Waals surface area (Å²) in [7, 11) is -3.81. The van der Waals surface area contributed by atoms with Crippen molar-refractivity contribution in [3.63, 3.8) is 0 Å². The van der Waals surface area contributed by atoms with E-state index in [9.17, 15) is 13.2 Å². The van der Waals surface area contributed by atoms with E-state index in [2.05, 4.69) is 15.0 Å². The Labute approximate surface area is 171 Å². The number of thiazole rings is 1. The van der Waals surface area contributed by atoms with Crippen LogP contribution in [0.4, 0.5) is 0 Å². The predicted molar refractivity (Wildman–Crippen MR) is 113 cm³/mol. The van der Waals surface area contributed by atoms with E-state index >= 15 is 0 Å². The lowest BCUT2D eigenvalue weighted by Gasteiger charge is -2.25. The summed E-state index contributed by atoms with van der Waals surface area (Å²) in [5.74, 6) is -0.393. The molecule has 1 heterocycles. The fourth-order valence-corrected chi connectivity index (χ4v) is 5.94. The zero-order chi connectivity index (χ0) is 20.3. The number of benzene rings is 1. The normalized spacial score (nSPS) is 17.6. The van der Waals surface area contributed by atoms with E-state index in [1.54, 1.807) is 18.2 Å². The van der Waals surface area contributed by atoms with Crippen molar-refractivity contribution in [1.82, 2.24) is 15.0 Å². The lowest BCUT2D eigenvalue weighted by atomic mass is 10.0. The Morgan fingerprint density at radius 1 is 1.18 bits per heavy atom. The molecule has 0 radical (unpaired) electrons. The van der Waals surface area contributed by atoms with Crippen molar-refractivity contribution in [3.05, 3.63) is 23.2 Å². The molecule has 1 aromatic heterocycles. The van der Waals surface area contributed by atoms with E-state index in [1.807, 2.05) is 20.8 Å². The first-order chi connectivity index (χ1) is 13.3. The van der Waals surface area contributed by atoms with Gasteiger partial charge in [-0.3, -0.25) is 4.79 Å². The molecular formula is C20H29N3O3S2. The Hall–Kier alpha value is -1.51. The number of sulfonamides is 1. The van der Waals surface area contributed by atoms with E-state index in [1.165, 1.54) is 24.2 Å². The van der Waals surface area contributed by atoms with E-state index in [4.69, 9.17) is 0 Å². The molecule has 0 bridgehead atoms. The molecule has 1 saturated carbocycles. The summed E-state index contributed by atoms with van der Waals surface area (Å²) in [6.45, 7) is 5.61. The highest BCUT2D eigenvalue weighted by atomic mass is 32.2. The molecule has 1 amide bonds. The van der Waals surface area contributed by atoms with Gasteiger partial charge in [0, 0.05) is 6.04 Å². The molecule has 1 aliphatic carbocycles. The monoisotopic (exact) mass is 423 g/mol. The zero-order valence-electron chi connectivity index (χ0n) is 16.7. The van der Waals surface area contributed by atoms with Gasteiger partial charge in [-0.25, -0.2) is 13.4 Å². The topological polar surface area (TPSA) is 88.2 Å². The molecule has 0 aliphatic heterocycles. The van der Waals surface area contributed by atoms with Crippen LogP contribution in [0.3, 0.4) is 0 Å². The number of carbonyl (C=O) groups excluding carboxylic acids is 1. The quantitative estimate of drug-likeness (QED) is 0.693. The van der Waals surface area contributed by atoms with Crippen LogP contribution < -0.4 is 10.0 Å². The van der Waals surface area contributed by atoms with E-state index in [-0.39, 0.29) is 22.8 Å². The Morgan fingerprint density at radius 3 is 2.50 bits per heavy atom. The van der Waals surface area contributed by atoms with Gasteiger partial charge in [0.15, 0.2) is 0 Å². The van der Waals surface area contributed by atoms with Crippen LogP contribution in [-0.4, -0.2) is 31.4 Å². The number of nitrogens with one attached hydrogen (secondary N) is 2. The Morgan fingerprint density at radius 2 is 1.86 bits per heavy atom. The van der Waals surface area contributed by atoms with Gasteiger partial charge in [-0.15, -0.1) is 11.3 Å². The number of rotatable bonds is 6. The van der Waals surface area contributed by atoms with Crippen molar-refractivity contribution in [2.24, 2.45) is 5.92 Å². The Balaban J connectivity index is 1.76. The van der Waals surface area contributed by atoms with Crippen LogP contribution in [0.25, 0.3) is 10.2 Å². The van der Waals surface area contributed by atoms with E-state index in [0.29, 0.717) is 0 Å². The van der Waals surface area contributed by atoms with Crippen LogP contribution in [0.5, 0.6) is 0 Å².